The summed E-state index contributed by atoms with van der Waals surface area (Å²) in [5.74, 6) is -0.259. The van der Waals surface area contributed by atoms with Crippen LogP contribution in [0.2, 0.25) is 5.02 Å². The highest BCUT2D eigenvalue weighted by atomic mass is 35.5. The predicted molar refractivity (Wildman–Crippen MR) is 100.0 cm³/mol. The fourth-order valence-electron chi connectivity index (χ4n) is 2.51. The lowest BCUT2D eigenvalue weighted by Gasteiger charge is -2.18. The van der Waals surface area contributed by atoms with E-state index in [1.807, 2.05) is 6.92 Å². The van der Waals surface area contributed by atoms with Gasteiger partial charge in [0, 0.05) is 12.6 Å². The number of halogens is 2. The molecular formula is C18H22ClFN2O3S. The monoisotopic (exact) mass is 400 g/mol. The molecule has 0 aliphatic rings. The molecule has 0 spiro atoms. The molecule has 2 atom stereocenters. The number of rotatable bonds is 8. The van der Waals surface area contributed by atoms with Gasteiger partial charge >= 0.3 is 0 Å². The Morgan fingerprint density at radius 3 is 2.50 bits per heavy atom. The molecule has 0 amide bonds. The molecule has 0 fully saturated rings. The summed E-state index contributed by atoms with van der Waals surface area (Å²) in [7, 11) is -3.95. The van der Waals surface area contributed by atoms with Gasteiger partial charge in [-0.2, -0.15) is 0 Å². The number of aryl methyl sites for hydroxylation is 1. The lowest BCUT2D eigenvalue weighted by atomic mass is 10.1. The maximum Gasteiger partial charge on any atom is 0.239 e. The number of hydrogen-bond acceptors (Lipinski definition) is 4. The topological polar surface area (TPSA) is 92.4 Å². The highest BCUT2D eigenvalue weighted by molar-refractivity contribution is 7.89. The largest absolute Gasteiger partial charge is 0.387 e. The highest BCUT2D eigenvalue weighted by Crippen LogP contribution is 2.24. The zero-order chi connectivity index (χ0) is 19.3. The number of hydrogen-bond donors (Lipinski definition) is 3. The smallest absolute Gasteiger partial charge is 0.239 e. The van der Waals surface area contributed by atoms with Crippen LogP contribution in [-0.4, -0.2) is 26.1 Å². The quantitative estimate of drug-likeness (QED) is 0.635. The molecule has 4 N–H and O–H groups in total. The van der Waals surface area contributed by atoms with Gasteiger partial charge < -0.3 is 10.4 Å². The second kappa shape index (κ2) is 8.92. The van der Waals surface area contributed by atoms with Crippen LogP contribution in [0.5, 0.6) is 0 Å². The maximum atomic E-state index is 12.9. The summed E-state index contributed by atoms with van der Waals surface area (Å²) < 4.78 is 35.9. The Balaban J connectivity index is 1.89. The molecule has 0 aliphatic heterocycles. The predicted octanol–water partition coefficient (Wildman–Crippen LogP) is 2.77. The molecule has 2 aromatic rings. The summed E-state index contributed by atoms with van der Waals surface area (Å²) in [5, 5.41) is 18.6. The molecule has 0 saturated carbocycles. The summed E-state index contributed by atoms with van der Waals surface area (Å²) >= 11 is 5.84. The van der Waals surface area contributed by atoms with Crippen molar-refractivity contribution in [2.45, 2.75) is 36.8 Å². The van der Waals surface area contributed by atoms with Crippen molar-refractivity contribution in [1.29, 1.82) is 0 Å². The van der Waals surface area contributed by atoms with Gasteiger partial charge in [0.1, 0.15) is 10.7 Å². The average molecular weight is 401 g/mol. The van der Waals surface area contributed by atoms with E-state index < -0.39 is 16.1 Å². The van der Waals surface area contributed by atoms with Gasteiger partial charge in [0.15, 0.2) is 0 Å². The van der Waals surface area contributed by atoms with Crippen LogP contribution in [-0.2, 0) is 16.4 Å². The molecule has 2 rings (SSSR count). The molecule has 0 aromatic heterocycles. The molecule has 0 heterocycles. The molecule has 2 aromatic carbocycles. The van der Waals surface area contributed by atoms with Crippen LogP contribution in [0.15, 0.2) is 47.4 Å². The first-order valence-electron chi connectivity index (χ1n) is 8.15. The van der Waals surface area contributed by atoms with Crippen LogP contribution in [0.3, 0.4) is 0 Å². The van der Waals surface area contributed by atoms with Gasteiger partial charge in [-0.25, -0.2) is 17.9 Å². The van der Waals surface area contributed by atoms with Crippen LogP contribution >= 0.6 is 11.6 Å². The summed E-state index contributed by atoms with van der Waals surface area (Å²) in [6, 6.07) is 10.7. The van der Waals surface area contributed by atoms with Gasteiger partial charge in [0.2, 0.25) is 10.0 Å². The number of primary sulfonamides is 1. The maximum absolute atomic E-state index is 12.9. The fourth-order valence-corrected chi connectivity index (χ4v) is 3.59. The van der Waals surface area contributed by atoms with E-state index >= 15 is 0 Å². The van der Waals surface area contributed by atoms with E-state index in [0.717, 1.165) is 18.4 Å². The fraction of sp³-hybridized carbons (Fsp3) is 0.333. The highest BCUT2D eigenvalue weighted by Gasteiger charge is 2.17. The van der Waals surface area contributed by atoms with Crippen molar-refractivity contribution in [3.8, 4) is 0 Å². The van der Waals surface area contributed by atoms with Crippen LogP contribution in [0, 0.1) is 5.82 Å². The Morgan fingerprint density at radius 1 is 1.23 bits per heavy atom. The van der Waals surface area contributed by atoms with Crippen molar-refractivity contribution in [3.63, 3.8) is 0 Å². The number of aliphatic hydroxyl groups excluding tert-OH is 1. The lowest BCUT2D eigenvalue weighted by Crippen LogP contribution is -2.31. The van der Waals surface area contributed by atoms with E-state index in [1.54, 1.807) is 18.2 Å². The minimum absolute atomic E-state index is 0.0177. The zero-order valence-electron chi connectivity index (χ0n) is 14.3. The first kappa shape index (κ1) is 20.8. The van der Waals surface area contributed by atoms with E-state index in [4.69, 9.17) is 16.7 Å². The van der Waals surface area contributed by atoms with Gasteiger partial charge in [-0.15, -0.1) is 0 Å². The summed E-state index contributed by atoms with van der Waals surface area (Å²) in [5.41, 5.74) is 1.45. The number of sulfonamides is 1. The van der Waals surface area contributed by atoms with Gasteiger partial charge in [-0.3, -0.25) is 0 Å². The van der Waals surface area contributed by atoms with Gasteiger partial charge in [0.25, 0.3) is 0 Å². The first-order valence-corrected chi connectivity index (χ1v) is 10.1. The third-order valence-electron chi connectivity index (χ3n) is 4.09. The molecule has 0 bridgehead atoms. The number of nitrogens with two attached hydrogens (primary N) is 1. The average Bonchev–Trinajstić information content (AvgIpc) is 2.58. The second-order valence-corrected chi connectivity index (χ2v) is 8.16. The minimum atomic E-state index is -3.95. The lowest BCUT2D eigenvalue weighted by molar-refractivity contribution is 0.170. The van der Waals surface area contributed by atoms with Crippen LogP contribution in [0.4, 0.5) is 4.39 Å². The Hall–Kier alpha value is -1.51. The standard InChI is InChI=1S/C18H22ClFN2O3S/c1-12(2-3-13-4-7-15(20)8-5-13)22-11-17(23)14-6-9-16(19)18(10-14)26(21,24)25/h4-10,12,17,22-23H,2-3,11H2,1H3,(H2,21,24,25). The molecule has 8 heteroatoms. The van der Waals surface area contributed by atoms with Crippen molar-refractivity contribution in [1.82, 2.24) is 5.32 Å². The molecular weight excluding hydrogens is 379 g/mol. The summed E-state index contributed by atoms with van der Waals surface area (Å²) in [6.45, 7) is 2.23. The summed E-state index contributed by atoms with van der Waals surface area (Å²) in [6.07, 6.45) is 0.684. The van der Waals surface area contributed by atoms with Crippen molar-refractivity contribution in [3.05, 3.63) is 64.4 Å². The Labute approximate surface area is 158 Å². The van der Waals surface area contributed by atoms with E-state index in [0.29, 0.717) is 5.56 Å². The Bertz CT molecular complexity index is 844. The van der Waals surface area contributed by atoms with Crippen LogP contribution in [0.25, 0.3) is 0 Å². The van der Waals surface area contributed by atoms with Crippen molar-refractivity contribution >= 4 is 21.6 Å². The molecule has 0 aliphatic carbocycles. The zero-order valence-corrected chi connectivity index (χ0v) is 15.9. The van der Waals surface area contributed by atoms with Crippen LogP contribution < -0.4 is 10.5 Å². The number of aliphatic hydroxyl groups is 1. The molecule has 0 radical (unpaired) electrons. The third kappa shape index (κ3) is 6.03. The van der Waals surface area contributed by atoms with Crippen LogP contribution in [0.1, 0.15) is 30.6 Å². The van der Waals surface area contributed by atoms with Gasteiger partial charge in [-0.1, -0.05) is 29.8 Å². The first-order chi connectivity index (χ1) is 12.2. The molecule has 5 nitrogen and oxygen atoms in total. The van der Waals surface area contributed by atoms with Crippen molar-refractivity contribution in [2.24, 2.45) is 5.14 Å². The SMILES string of the molecule is CC(CCc1ccc(F)cc1)NCC(O)c1ccc(Cl)c(S(N)(=O)=O)c1. The number of benzene rings is 2. The van der Waals surface area contributed by atoms with Gasteiger partial charge in [0.05, 0.1) is 11.1 Å². The van der Waals surface area contributed by atoms with E-state index in [2.05, 4.69) is 5.32 Å². The minimum Gasteiger partial charge on any atom is -0.387 e. The third-order valence-corrected chi connectivity index (χ3v) is 5.48. The molecule has 142 valence electrons. The van der Waals surface area contributed by atoms with Crippen molar-refractivity contribution < 1.29 is 17.9 Å². The molecule has 2 unspecified atom stereocenters. The van der Waals surface area contributed by atoms with Crippen molar-refractivity contribution in [2.75, 3.05) is 6.54 Å². The summed E-state index contributed by atoms with van der Waals surface area (Å²) in [4.78, 5) is -0.208. The van der Waals surface area contributed by atoms with E-state index in [-0.39, 0.29) is 28.3 Å². The number of nitrogens with one attached hydrogen (secondary N) is 1. The van der Waals surface area contributed by atoms with E-state index in [1.165, 1.54) is 24.3 Å². The van der Waals surface area contributed by atoms with Gasteiger partial charge in [-0.05, 0) is 55.2 Å². The second-order valence-electron chi connectivity index (χ2n) is 6.23. The Kier molecular flexibility index (Phi) is 7.14. The van der Waals surface area contributed by atoms with E-state index in [9.17, 15) is 17.9 Å². The normalized spacial score (nSPS) is 14.2. The Morgan fingerprint density at radius 2 is 1.88 bits per heavy atom. The molecule has 26 heavy (non-hydrogen) atoms. The molecule has 0 saturated heterocycles.